The zero-order valence-corrected chi connectivity index (χ0v) is 17.1. The van der Waals surface area contributed by atoms with Crippen LogP contribution in [0.5, 0.6) is 5.75 Å². The van der Waals surface area contributed by atoms with E-state index in [0.717, 1.165) is 41.1 Å². The smallest absolute Gasteiger partial charge is 0.258 e. The topological polar surface area (TPSA) is 58.3 Å². The maximum atomic E-state index is 13.0. The predicted molar refractivity (Wildman–Crippen MR) is 115 cm³/mol. The summed E-state index contributed by atoms with van der Waals surface area (Å²) in [6.45, 7) is 1.73. The fourth-order valence-corrected chi connectivity index (χ4v) is 3.96. The molecule has 6 nitrogen and oxygen atoms in total. The van der Waals surface area contributed by atoms with Gasteiger partial charge in [0.2, 0.25) is 0 Å². The molecule has 2 aromatic heterocycles. The Bertz CT molecular complexity index is 1290. The molecule has 31 heavy (non-hydrogen) atoms. The molecule has 7 heteroatoms. The summed E-state index contributed by atoms with van der Waals surface area (Å²) >= 11 is 0. The van der Waals surface area contributed by atoms with Gasteiger partial charge in [-0.1, -0.05) is 12.1 Å². The lowest BCUT2D eigenvalue weighted by Gasteiger charge is -2.10. The van der Waals surface area contributed by atoms with Crippen LogP contribution in [-0.2, 0) is 18.4 Å². The zero-order chi connectivity index (χ0) is 21.4. The molecule has 0 bridgehead atoms. The Morgan fingerprint density at radius 3 is 2.74 bits per heavy atom. The summed E-state index contributed by atoms with van der Waals surface area (Å²) in [4.78, 5) is 17.5. The average Bonchev–Trinajstić information content (AvgIpc) is 3.41. The standard InChI is InChI=1S/C24H22FN3O3/c1-27-22-12-19(6-7-21(22)26-24(27)17-9-11-30-15-17)28-10-8-20(13-23(28)29)31-14-16-2-4-18(25)5-3-16/h2-8,10,12-13,17H,9,11,14-15H2,1H3. The minimum absolute atomic E-state index is 0.192. The first-order chi connectivity index (χ1) is 15.1. The number of hydrogen-bond acceptors (Lipinski definition) is 4. The summed E-state index contributed by atoms with van der Waals surface area (Å²) in [6.07, 6.45) is 2.68. The molecule has 0 N–H and O–H groups in total. The van der Waals surface area contributed by atoms with Crippen molar-refractivity contribution in [1.82, 2.24) is 14.1 Å². The first-order valence-corrected chi connectivity index (χ1v) is 10.2. The lowest BCUT2D eigenvalue weighted by molar-refractivity contribution is 0.193. The van der Waals surface area contributed by atoms with Gasteiger partial charge in [-0.15, -0.1) is 0 Å². The summed E-state index contributed by atoms with van der Waals surface area (Å²) in [7, 11) is 2.00. The third-order valence-corrected chi connectivity index (χ3v) is 5.68. The van der Waals surface area contributed by atoms with Gasteiger partial charge in [0, 0.05) is 31.8 Å². The van der Waals surface area contributed by atoms with E-state index in [-0.39, 0.29) is 18.0 Å². The van der Waals surface area contributed by atoms with Crippen LogP contribution in [0.3, 0.4) is 0 Å². The van der Waals surface area contributed by atoms with Crippen molar-refractivity contribution in [3.63, 3.8) is 0 Å². The molecule has 158 valence electrons. The number of rotatable bonds is 5. The molecule has 1 aliphatic rings. The highest BCUT2D eigenvalue weighted by atomic mass is 19.1. The van der Waals surface area contributed by atoms with E-state index in [1.807, 2.05) is 25.2 Å². The van der Waals surface area contributed by atoms with Crippen LogP contribution in [0.4, 0.5) is 4.39 Å². The third-order valence-electron chi connectivity index (χ3n) is 5.68. The third kappa shape index (κ3) is 3.84. The Kier molecular flexibility index (Phi) is 5.03. The second-order valence-electron chi connectivity index (χ2n) is 7.75. The van der Waals surface area contributed by atoms with Gasteiger partial charge in [-0.05, 0) is 48.4 Å². The van der Waals surface area contributed by atoms with E-state index in [9.17, 15) is 9.18 Å². The quantitative estimate of drug-likeness (QED) is 0.492. The van der Waals surface area contributed by atoms with Crippen LogP contribution in [0.15, 0.2) is 65.6 Å². The van der Waals surface area contributed by atoms with Gasteiger partial charge in [-0.3, -0.25) is 9.36 Å². The number of halogens is 1. The molecule has 1 unspecified atom stereocenters. The highest BCUT2D eigenvalue weighted by Crippen LogP contribution is 2.28. The molecule has 0 aliphatic carbocycles. The Morgan fingerprint density at radius 2 is 2.00 bits per heavy atom. The fraction of sp³-hybridized carbons (Fsp3) is 0.250. The van der Waals surface area contributed by atoms with Crippen LogP contribution in [0.2, 0.25) is 0 Å². The van der Waals surface area contributed by atoms with Gasteiger partial charge in [-0.2, -0.15) is 0 Å². The number of hydrogen-bond donors (Lipinski definition) is 0. The average molecular weight is 419 g/mol. The van der Waals surface area contributed by atoms with Crippen LogP contribution < -0.4 is 10.3 Å². The SMILES string of the molecule is Cn1c(C2CCOC2)nc2ccc(-n3ccc(OCc4ccc(F)cc4)cc3=O)cc21. The van der Waals surface area contributed by atoms with Crippen molar-refractivity contribution in [3.8, 4) is 11.4 Å². The molecule has 4 aromatic rings. The predicted octanol–water partition coefficient (Wildman–Crippen LogP) is 3.95. The molecule has 1 fully saturated rings. The fourth-order valence-electron chi connectivity index (χ4n) is 3.96. The monoisotopic (exact) mass is 419 g/mol. The summed E-state index contributed by atoms with van der Waals surface area (Å²) in [5.41, 5.74) is 3.28. The van der Waals surface area contributed by atoms with Crippen molar-refractivity contribution in [2.45, 2.75) is 18.9 Å². The van der Waals surface area contributed by atoms with Gasteiger partial charge in [0.15, 0.2) is 0 Å². The first-order valence-electron chi connectivity index (χ1n) is 10.2. The summed E-state index contributed by atoms with van der Waals surface area (Å²) in [6, 6.07) is 15.1. The van der Waals surface area contributed by atoms with Crippen LogP contribution in [0, 0.1) is 5.82 Å². The maximum Gasteiger partial charge on any atom is 0.258 e. The van der Waals surface area contributed by atoms with Crippen molar-refractivity contribution < 1.29 is 13.9 Å². The highest BCUT2D eigenvalue weighted by molar-refractivity contribution is 5.78. The van der Waals surface area contributed by atoms with Gasteiger partial charge in [-0.25, -0.2) is 9.37 Å². The number of nitrogens with zero attached hydrogens (tertiary/aromatic N) is 3. The van der Waals surface area contributed by atoms with Crippen LogP contribution in [0.1, 0.15) is 23.7 Å². The lowest BCUT2D eigenvalue weighted by atomic mass is 10.1. The van der Waals surface area contributed by atoms with Crippen molar-refractivity contribution in [2.75, 3.05) is 13.2 Å². The number of benzene rings is 2. The van der Waals surface area contributed by atoms with Gasteiger partial charge in [0.05, 0.1) is 23.3 Å². The molecule has 1 aliphatic heterocycles. The van der Waals surface area contributed by atoms with E-state index in [2.05, 4.69) is 4.57 Å². The molecule has 3 heterocycles. The number of aromatic nitrogens is 3. The summed E-state index contributed by atoms with van der Waals surface area (Å²) < 4.78 is 27.9. The molecule has 0 amide bonds. The number of aryl methyl sites for hydroxylation is 1. The Morgan fingerprint density at radius 1 is 1.16 bits per heavy atom. The van der Waals surface area contributed by atoms with E-state index in [1.165, 1.54) is 18.2 Å². The van der Waals surface area contributed by atoms with Crippen LogP contribution in [0.25, 0.3) is 16.7 Å². The number of imidazole rings is 1. The normalized spacial score (nSPS) is 16.1. The minimum Gasteiger partial charge on any atom is -0.489 e. The molecule has 0 spiro atoms. The molecule has 1 saturated heterocycles. The highest BCUT2D eigenvalue weighted by Gasteiger charge is 2.23. The van der Waals surface area contributed by atoms with Crippen LogP contribution >= 0.6 is 0 Å². The molecule has 1 atom stereocenters. The molecule has 5 rings (SSSR count). The lowest BCUT2D eigenvalue weighted by Crippen LogP contribution is -2.16. The van der Waals surface area contributed by atoms with E-state index in [0.29, 0.717) is 18.3 Å². The second-order valence-corrected chi connectivity index (χ2v) is 7.75. The van der Waals surface area contributed by atoms with Crippen molar-refractivity contribution in [3.05, 3.63) is 88.4 Å². The molecule has 2 aromatic carbocycles. The molecule has 0 saturated carbocycles. The number of fused-ring (bicyclic) bond motifs is 1. The van der Waals surface area contributed by atoms with E-state index in [4.69, 9.17) is 14.5 Å². The Hall–Kier alpha value is -3.45. The van der Waals surface area contributed by atoms with E-state index >= 15 is 0 Å². The molecule has 0 radical (unpaired) electrons. The van der Waals surface area contributed by atoms with Gasteiger partial charge in [0.25, 0.3) is 5.56 Å². The minimum atomic E-state index is -0.291. The summed E-state index contributed by atoms with van der Waals surface area (Å²) in [5.74, 6) is 1.50. The number of ether oxygens (including phenoxy) is 2. The van der Waals surface area contributed by atoms with Crippen molar-refractivity contribution in [2.24, 2.45) is 7.05 Å². The van der Waals surface area contributed by atoms with E-state index < -0.39 is 0 Å². The zero-order valence-electron chi connectivity index (χ0n) is 17.1. The van der Waals surface area contributed by atoms with Gasteiger partial charge < -0.3 is 14.0 Å². The molecular weight excluding hydrogens is 397 g/mol. The van der Waals surface area contributed by atoms with Gasteiger partial charge in [0.1, 0.15) is 24.0 Å². The molecular formula is C24H22FN3O3. The van der Waals surface area contributed by atoms with E-state index in [1.54, 1.807) is 29.0 Å². The maximum absolute atomic E-state index is 13.0. The Labute approximate surface area is 178 Å². The summed E-state index contributed by atoms with van der Waals surface area (Å²) in [5, 5.41) is 0. The Balaban J connectivity index is 1.39. The largest absolute Gasteiger partial charge is 0.489 e. The van der Waals surface area contributed by atoms with Crippen molar-refractivity contribution in [1.29, 1.82) is 0 Å². The van der Waals surface area contributed by atoms with Crippen LogP contribution in [-0.4, -0.2) is 27.3 Å². The first kappa shape index (κ1) is 19.5. The second kappa shape index (κ2) is 8.00. The number of pyridine rings is 1. The van der Waals surface area contributed by atoms with Crippen molar-refractivity contribution >= 4 is 11.0 Å². The van der Waals surface area contributed by atoms with Gasteiger partial charge >= 0.3 is 0 Å².